The zero-order valence-corrected chi connectivity index (χ0v) is 24.7. The van der Waals surface area contributed by atoms with Gasteiger partial charge in [0.15, 0.2) is 5.67 Å². The molecule has 3 saturated heterocycles. The number of carboxylic acid groups (broad SMARTS) is 1. The Morgan fingerprint density at radius 1 is 1.05 bits per heavy atom. The molecule has 1 aromatic rings. The zero-order chi connectivity index (χ0) is 29.4. The standard InChI is InChI=1S/C31H46F2N4O4/c1-29(2,3)41-27(38)34-26-10-5-9-25(26)31(21-35-13-6-14-35,23-7-4-8-24(32)17-23)22-11-15-36(16-12-22)18-30(33)19-37(20-30)28(39)40/h4,7-8,17,22,25-26H,5-6,9-16,18-21H2,1-3H3,(H,34,38)(H,39,40)/t25-,26-,31-/m0/s1. The van der Waals surface area contributed by atoms with Crippen LogP contribution in [-0.2, 0) is 10.2 Å². The van der Waals surface area contributed by atoms with Gasteiger partial charge in [0.2, 0.25) is 0 Å². The van der Waals surface area contributed by atoms with Gasteiger partial charge in [-0.05, 0) is 109 Å². The van der Waals surface area contributed by atoms with Crippen molar-refractivity contribution in [2.24, 2.45) is 11.8 Å². The lowest BCUT2D eigenvalue weighted by molar-refractivity contribution is -0.0516. The van der Waals surface area contributed by atoms with E-state index in [1.54, 1.807) is 12.1 Å². The summed E-state index contributed by atoms with van der Waals surface area (Å²) in [5, 5.41) is 12.3. The molecule has 0 spiro atoms. The summed E-state index contributed by atoms with van der Waals surface area (Å²) < 4.78 is 35.8. The van der Waals surface area contributed by atoms with Crippen LogP contribution >= 0.6 is 0 Å². The van der Waals surface area contributed by atoms with Gasteiger partial charge in [0.1, 0.15) is 11.4 Å². The highest BCUT2D eigenvalue weighted by Crippen LogP contribution is 2.51. The maximum Gasteiger partial charge on any atom is 0.407 e. The Morgan fingerprint density at radius 2 is 1.76 bits per heavy atom. The number of halogens is 2. The van der Waals surface area contributed by atoms with E-state index in [4.69, 9.17) is 9.84 Å². The van der Waals surface area contributed by atoms with Crippen LogP contribution in [0.15, 0.2) is 24.3 Å². The number of carbonyl (C=O) groups is 2. The number of hydrogen-bond acceptors (Lipinski definition) is 5. The van der Waals surface area contributed by atoms with Crippen LogP contribution in [0.4, 0.5) is 18.4 Å². The second-order valence-electron chi connectivity index (χ2n) is 13.8. The molecular weight excluding hydrogens is 530 g/mol. The Balaban J connectivity index is 1.40. The van der Waals surface area contributed by atoms with Crippen molar-refractivity contribution in [1.82, 2.24) is 20.0 Å². The van der Waals surface area contributed by atoms with Gasteiger partial charge in [-0.15, -0.1) is 0 Å². The van der Waals surface area contributed by atoms with E-state index in [1.807, 2.05) is 20.8 Å². The van der Waals surface area contributed by atoms with Crippen molar-refractivity contribution in [3.05, 3.63) is 35.6 Å². The zero-order valence-electron chi connectivity index (χ0n) is 24.7. The topological polar surface area (TPSA) is 85.4 Å². The molecule has 3 heterocycles. The third kappa shape index (κ3) is 6.63. The van der Waals surface area contributed by atoms with Crippen LogP contribution in [0.5, 0.6) is 0 Å². The molecule has 0 radical (unpaired) electrons. The van der Waals surface area contributed by atoms with Gasteiger partial charge in [-0.25, -0.2) is 18.4 Å². The van der Waals surface area contributed by atoms with E-state index in [9.17, 15) is 14.0 Å². The van der Waals surface area contributed by atoms with E-state index in [1.165, 1.54) is 6.07 Å². The van der Waals surface area contributed by atoms with Crippen molar-refractivity contribution in [2.45, 2.75) is 82.0 Å². The summed E-state index contributed by atoms with van der Waals surface area (Å²) in [6, 6.07) is 6.96. The van der Waals surface area contributed by atoms with Gasteiger partial charge in [-0.2, -0.15) is 0 Å². The Bertz CT molecular complexity index is 1100. The maximum absolute atomic E-state index is 15.3. The number of ether oxygens (including phenoxy) is 1. The molecule has 0 bridgehead atoms. The molecule has 3 atom stereocenters. The molecule has 4 fully saturated rings. The summed E-state index contributed by atoms with van der Waals surface area (Å²) in [6.45, 7) is 9.89. The summed E-state index contributed by atoms with van der Waals surface area (Å²) in [5.74, 6) is 0.0757. The van der Waals surface area contributed by atoms with E-state index < -0.39 is 23.5 Å². The Kier molecular flexibility index (Phi) is 8.54. The van der Waals surface area contributed by atoms with Crippen LogP contribution in [0.3, 0.4) is 0 Å². The summed E-state index contributed by atoms with van der Waals surface area (Å²) in [7, 11) is 0. The minimum absolute atomic E-state index is 0.0788. The van der Waals surface area contributed by atoms with E-state index in [0.29, 0.717) is 13.1 Å². The number of piperidine rings is 1. The number of nitrogens with zero attached hydrogens (tertiary/aromatic N) is 3. The van der Waals surface area contributed by atoms with E-state index >= 15 is 4.39 Å². The summed E-state index contributed by atoms with van der Waals surface area (Å²) >= 11 is 0. The molecule has 0 aromatic heterocycles. The van der Waals surface area contributed by atoms with Crippen LogP contribution in [-0.4, -0.2) is 102 Å². The first-order valence-corrected chi connectivity index (χ1v) is 15.2. The lowest BCUT2D eigenvalue weighted by Gasteiger charge is -2.54. The molecule has 10 heteroatoms. The average molecular weight is 577 g/mol. The third-order valence-corrected chi connectivity index (χ3v) is 9.72. The van der Waals surface area contributed by atoms with Gasteiger partial charge in [-0.1, -0.05) is 18.6 Å². The Morgan fingerprint density at radius 3 is 2.34 bits per heavy atom. The molecule has 2 N–H and O–H groups in total. The second kappa shape index (κ2) is 11.7. The molecule has 2 amide bonds. The monoisotopic (exact) mass is 576 g/mol. The number of carbonyl (C=O) groups excluding carboxylic acids is 1. The fourth-order valence-corrected chi connectivity index (χ4v) is 7.87. The molecule has 3 aliphatic heterocycles. The van der Waals surface area contributed by atoms with Crippen molar-refractivity contribution in [2.75, 3.05) is 52.4 Å². The van der Waals surface area contributed by atoms with Crippen molar-refractivity contribution < 1.29 is 28.2 Å². The first-order chi connectivity index (χ1) is 19.4. The van der Waals surface area contributed by atoms with Gasteiger partial charge in [0.25, 0.3) is 0 Å². The van der Waals surface area contributed by atoms with Gasteiger partial charge in [0.05, 0.1) is 13.1 Å². The van der Waals surface area contributed by atoms with Crippen molar-refractivity contribution >= 4 is 12.2 Å². The number of amides is 2. The van der Waals surface area contributed by atoms with Crippen molar-refractivity contribution in [3.63, 3.8) is 0 Å². The minimum Gasteiger partial charge on any atom is -0.465 e. The molecule has 8 nitrogen and oxygen atoms in total. The van der Waals surface area contributed by atoms with Crippen molar-refractivity contribution in [1.29, 1.82) is 0 Å². The molecule has 0 unspecified atom stereocenters. The first-order valence-electron chi connectivity index (χ1n) is 15.2. The molecule has 1 saturated carbocycles. The predicted molar refractivity (Wildman–Crippen MR) is 152 cm³/mol. The number of hydrogen-bond donors (Lipinski definition) is 2. The number of benzene rings is 1. The molecule has 5 rings (SSSR count). The molecule has 228 valence electrons. The minimum atomic E-state index is -1.50. The van der Waals surface area contributed by atoms with Gasteiger partial charge < -0.3 is 25.0 Å². The fourth-order valence-electron chi connectivity index (χ4n) is 7.87. The first kappa shape index (κ1) is 30.0. The van der Waals surface area contributed by atoms with Gasteiger partial charge in [0, 0.05) is 24.5 Å². The summed E-state index contributed by atoms with van der Waals surface area (Å²) in [4.78, 5) is 29.8. The number of likely N-dealkylation sites (tertiary alicyclic amines) is 3. The number of alkyl carbamates (subject to hydrolysis) is 1. The summed E-state index contributed by atoms with van der Waals surface area (Å²) in [5.41, 5.74) is -1.49. The van der Waals surface area contributed by atoms with Crippen LogP contribution in [0, 0.1) is 17.7 Å². The smallest absolute Gasteiger partial charge is 0.407 e. The Labute approximate surface area is 242 Å². The highest BCUT2D eigenvalue weighted by atomic mass is 19.1. The molecule has 1 aromatic carbocycles. The van der Waals surface area contributed by atoms with E-state index in [0.717, 1.165) is 68.6 Å². The van der Waals surface area contributed by atoms with Gasteiger partial charge >= 0.3 is 12.2 Å². The number of rotatable bonds is 8. The number of nitrogens with one attached hydrogen (secondary N) is 1. The van der Waals surface area contributed by atoms with E-state index in [2.05, 4.69) is 21.2 Å². The molecule has 41 heavy (non-hydrogen) atoms. The Hall–Kier alpha value is -2.46. The third-order valence-electron chi connectivity index (χ3n) is 9.72. The SMILES string of the molecule is CC(C)(C)OC(=O)N[C@H]1CCC[C@@H]1[C@](CN1CCC1)(c1cccc(F)c1)C1CCN(CC2(F)CN(C(=O)O)C2)CC1. The van der Waals surface area contributed by atoms with Crippen molar-refractivity contribution in [3.8, 4) is 0 Å². The summed E-state index contributed by atoms with van der Waals surface area (Å²) in [6.07, 6.45) is 4.09. The molecular formula is C31H46F2N4O4. The predicted octanol–water partition coefficient (Wildman–Crippen LogP) is 4.88. The second-order valence-corrected chi connectivity index (χ2v) is 13.8. The lowest BCUT2D eigenvalue weighted by atomic mass is 9.57. The molecule has 4 aliphatic rings. The quantitative estimate of drug-likeness (QED) is 0.459. The van der Waals surface area contributed by atoms with Crippen LogP contribution in [0.2, 0.25) is 0 Å². The normalized spacial score (nSPS) is 27.0. The van der Waals surface area contributed by atoms with Crippen LogP contribution in [0.25, 0.3) is 0 Å². The van der Waals surface area contributed by atoms with Gasteiger partial charge in [-0.3, -0.25) is 4.90 Å². The molecule has 1 aliphatic carbocycles. The lowest BCUT2D eigenvalue weighted by Crippen LogP contribution is -2.65. The average Bonchev–Trinajstić information content (AvgIpc) is 3.29. The highest BCUT2D eigenvalue weighted by molar-refractivity contribution is 5.68. The van der Waals surface area contributed by atoms with Crippen LogP contribution < -0.4 is 5.32 Å². The van der Waals surface area contributed by atoms with Crippen LogP contribution in [0.1, 0.15) is 64.9 Å². The highest BCUT2D eigenvalue weighted by Gasteiger charge is 2.54. The van der Waals surface area contributed by atoms with E-state index in [-0.39, 0.29) is 48.7 Å². The fraction of sp³-hybridized carbons (Fsp3) is 0.742. The largest absolute Gasteiger partial charge is 0.465 e. The number of alkyl halides is 1. The maximum atomic E-state index is 15.3.